The summed E-state index contributed by atoms with van der Waals surface area (Å²) in [7, 11) is 0. The molecule has 0 saturated carbocycles. The molecule has 3 rings (SSSR count). The number of ketones is 1. The topological polar surface area (TPSA) is 75.7 Å². The normalized spacial score (nSPS) is 14.2. The Morgan fingerprint density at radius 2 is 1.61 bits per heavy atom. The second-order valence-electron chi connectivity index (χ2n) is 7.92. The van der Waals surface area contributed by atoms with Crippen LogP contribution in [0.5, 0.6) is 5.75 Å². The summed E-state index contributed by atoms with van der Waals surface area (Å²) in [6.45, 7) is 3.51. The maximum Gasteiger partial charge on any atom is 0.223 e. The fourth-order valence-electron chi connectivity index (χ4n) is 3.61. The van der Waals surface area contributed by atoms with Crippen molar-refractivity contribution < 1.29 is 19.1 Å². The number of Topliss-reactive ketones (excluding diaryl/α,β-unsaturated/α-hetero) is 1. The van der Waals surface area contributed by atoms with Crippen molar-refractivity contribution in [3.8, 4) is 5.75 Å². The molecule has 2 aromatic rings. The minimum Gasteiger partial charge on any atom is -0.493 e. The van der Waals surface area contributed by atoms with Crippen LogP contribution in [-0.4, -0.2) is 48.2 Å². The molecule has 0 radical (unpaired) electrons. The van der Waals surface area contributed by atoms with Crippen molar-refractivity contribution in [3.63, 3.8) is 0 Å². The van der Waals surface area contributed by atoms with Gasteiger partial charge in [0.2, 0.25) is 11.8 Å². The zero-order valence-electron chi connectivity index (χ0n) is 18.0. The molecule has 0 aliphatic carbocycles. The number of nitrogens with zero attached hydrogens (tertiary/aromatic N) is 1. The number of likely N-dealkylation sites (tertiary alicyclic amines) is 1. The van der Waals surface area contributed by atoms with Gasteiger partial charge in [-0.1, -0.05) is 48.0 Å². The highest BCUT2D eigenvalue weighted by molar-refractivity contribution is 5.98. The van der Waals surface area contributed by atoms with Gasteiger partial charge in [0, 0.05) is 37.5 Å². The summed E-state index contributed by atoms with van der Waals surface area (Å²) in [6, 6.07) is 16.9. The molecule has 1 fully saturated rings. The quantitative estimate of drug-likeness (QED) is 0.627. The number of rotatable bonds is 9. The first-order chi connectivity index (χ1) is 15.0. The van der Waals surface area contributed by atoms with Crippen LogP contribution < -0.4 is 10.1 Å². The number of ether oxygens (including phenoxy) is 1. The standard InChI is InChI=1S/C25H30N2O4/c1-19-7-9-20(10-8-19)23(28)11-12-25(30)27-16-13-21(14-17-27)26-24(29)15-18-31-22-5-3-2-4-6-22/h2-10,21H,11-18H2,1H3,(H,26,29). The van der Waals surface area contributed by atoms with E-state index < -0.39 is 0 Å². The molecule has 1 heterocycles. The highest BCUT2D eigenvalue weighted by Crippen LogP contribution is 2.14. The first kappa shape index (κ1) is 22.5. The van der Waals surface area contributed by atoms with Crippen LogP contribution >= 0.6 is 0 Å². The van der Waals surface area contributed by atoms with Crippen molar-refractivity contribution in [2.75, 3.05) is 19.7 Å². The average molecular weight is 423 g/mol. The molecule has 0 spiro atoms. The highest BCUT2D eigenvalue weighted by Gasteiger charge is 2.24. The Balaban J connectivity index is 1.32. The van der Waals surface area contributed by atoms with Gasteiger partial charge in [-0.3, -0.25) is 14.4 Å². The summed E-state index contributed by atoms with van der Waals surface area (Å²) in [5, 5.41) is 3.03. The molecule has 6 heteroatoms. The van der Waals surface area contributed by atoms with Gasteiger partial charge in [-0.15, -0.1) is 0 Å². The van der Waals surface area contributed by atoms with E-state index in [0.29, 0.717) is 31.7 Å². The van der Waals surface area contributed by atoms with Crippen molar-refractivity contribution in [1.29, 1.82) is 0 Å². The Morgan fingerprint density at radius 1 is 0.935 bits per heavy atom. The number of hydrogen-bond donors (Lipinski definition) is 1. The Hall–Kier alpha value is -3.15. The minimum atomic E-state index is -0.0376. The molecular weight excluding hydrogens is 392 g/mol. The van der Waals surface area contributed by atoms with Crippen LogP contribution in [0.15, 0.2) is 54.6 Å². The smallest absolute Gasteiger partial charge is 0.223 e. The third kappa shape index (κ3) is 7.24. The molecule has 0 aromatic heterocycles. The molecule has 0 atom stereocenters. The van der Waals surface area contributed by atoms with Crippen LogP contribution in [0.2, 0.25) is 0 Å². The van der Waals surface area contributed by atoms with Crippen molar-refractivity contribution >= 4 is 17.6 Å². The van der Waals surface area contributed by atoms with Crippen LogP contribution in [0.3, 0.4) is 0 Å². The van der Waals surface area contributed by atoms with Gasteiger partial charge in [0.15, 0.2) is 5.78 Å². The second-order valence-corrected chi connectivity index (χ2v) is 7.92. The maximum atomic E-state index is 12.5. The van der Waals surface area contributed by atoms with Crippen LogP contribution in [0, 0.1) is 6.92 Å². The van der Waals surface area contributed by atoms with E-state index in [4.69, 9.17) is 4.74 Å². The number of benzene rings is 2. The van der Waals surface area contributed by atoms with Crippen molar-refractivity contribution in [2.24, 2.45) is 0 Å². The largest absolute Gasteiger partial charge is 0.493 e. The van der Waals surface area contributed by atoms with Crippen LogP contribution in [-0.2, 0) is 9.59 Å². The molecule has 0 unspecified atom stereocenters. The summed E-state index contributed by atoms with van der Waals surface area (Å²) in [6.07, 6.45) is 2.20. The lowest BCUT2D eigenvalue weighted by molar-refractivity contribution is -0.132. The molecule has 1 saturated heterocycles. The van der Waals surface area contributed by atoms with Crippen molar-refractivity contribution in [3.05, 3.63) is 65.7 Å². The van der Waals surface area contributed by atoms with E-state index in [2.05, 4.69) is 5.32 Å². The molecule has 1 N–H and O–H groups in total. The van der Waals surface area contributed by atoms with Crippen LogP contribution in [0.1, 0.15) is 48.0 Å². The SMILES string of the molecule is Cc1ccc(C(=O)CCC(=O)N2CCC(NC(=O)CCOc3ccccc3)CC2)cc1. The number of carbonyl (C=O) groups excluding carboxylic acids is 3. The third-order valence-electron chi connectivity index (χ3n) is 5.49. The van der Waals surface area contributed by atoms with Crippen LogP contribution in [0.25, 0.3) is 0 Å². The molecule has 2 amide bonds. The maximum absolute atomic E-state index is 12.5. The summed E-state index contributed by atoms with van der Waals surface area (Å²) >= 11 is 0. The third-order valence-corrected chi connectivity index (χ3v) is 5.49. The molecule has 31 heavy (non-hydrogen) atoms. The lowest BCUT2D eigenvalue weighted by atomic mass is 10.0. The van der Waals surface area contributed by atoms with E-state index in [1.54, 1.807) is 17.0 Å². The zero-order valence-corrected chi connectivity index (χ0v) is 18.0. The average Bonchev–Trinajstić information content (AvgIpc) is 2.79. The number of hydrogen-bond acceptors (Lipinski definition) is 4. The van der Waals surface area contributed by atoms with Gasteiger partial charge in [-0.25, -0.2) is 0 Å². The fourth-order valence-corrected chi connectivity index (χ4v) is 3.61. The van der Waals surface area contributed by atoms with E-state index >= 15 is 0 Å². The van der Waals surface area contributed by atoms with Gasteiger partial charge < -0.3 is 15.0 Å². The monoisotopic (exact) mass is 422 g/mol. The molecule has 1 aliphatic heterocycles. The van der Waals surface area contributed by atoms with Crippen LogP contribution in [0.4, 0.5) is 0 Å². The Kier molecular flexibility index (Phi) is 8.21. The van der Waals surface area contributed by atoms with Gasteiger partial charge >= 0.3 is 0 Å². The number of para-hydroxylation sites is 1. The van der Waals surface area contributed by atoms with E-state index in [-0.39, 0.29) is 36.5 Å². The molecule has 2 aromatic carbocycles. The first-order valence-corrected chi connectivity index (χ1v) is 10.9. The lowest BCUT2D eigenvalue weighted by Crippen LogP contribution is -2.46. The minimum absolute atomic E-state index is 0.00139. The molecule has 164 valence electrons. The first-order valence-electron chi connectivity index (χ1n) is 10.9. The predicted octanol–water partition coefficient (Wildman–Crippen LogP) is 3.53. The van der Waals surface area contributed by atoms with E-state index in [1.165, 1.54) is 0 Å². The van der Waals surface area contributed by atoms with Crippen molar-refractivity contribution in [2.45, 2.75) is 45.1 Å². The van der Waals surface area contributed by atoms with Gasteiger partial charge in [-0.05, 0) is 31.9 Å². The molecule has 6 nitrogen and oxygen atoms in total. The Bertz CT molecular complexity index is 872. The lowest BCUT2D eigenvalue weighted by Gasteiger charge is -2.32. The number of nitrogens with one attached hydrogen (secondary N) is 1. The van der Waals surface area contributed by atoms with Gasteiger partial charge in [0.05, 0.1) is 13.0 Å². The number of aryl methyl sites for hydroxylation is 1. The predicted molar refractivity (Wildman–Crippen MR) is 119 cm³/mol. The highest BCUT2D eigenvalue weighted by atomic mass is 16.5. The van der Waals surface area contributed by atoms with E-state index in [1.807, 2.05) is 49.4 Å². The summed E-state index contributed by atoms with van der Waals surface area (Å²) < 4.78 is 5.56. The van der Waals surface area contributed by atoms with Gasteiger partial charge in [0.1, 0.15) is 5.75 Å². The Morgan fingerprint density at radius 3 is 2.29 bits per heavy atom. The summed E-state index contributed by atoms with van der Waals surface area (Å²) in [5.41, 5.74) is 1.75. The van der Waals surface area contributed by atoms with Gasteiger partial charge in [-0.2, -0.15) is 0 Å². The Labute approximate surface area is 183 Å². The zero-order chi connectivity index (χ0) is 22.1. The summed E-state index contributed by atoms with van der Waals surface area (Å²) in [4.78, 5) is 38.7. The van der Waals surface area contributed by atoms with E-state index in [0.717, 1.165) is 24.2 Å². The van der Waals surface area contributed by atoms with E-state index in [9.17, 15) is 14.4 Å². The number of piperidine rings is 1. The fraction of sp³-hybridized carbons (Fsp3) is 0.400. The number of amides is 2. The van der Waals surface area contributed by atoms with Crippen molar-refractivity contribution in [1.82, 2.24) is 10.2 Å². The van der Waals surface area contributed by atoms with Gasteiger partial charge in [0.25, 0.3) is 0 Å². The second kappa shape index (κ2) is 11.3. The number of carbonyl (C=O) groups is 3. The summed E-state index contributed by atoms with van der Waals surface area (Å²) in [5.74, 6) is 0.710. The molecule has 1 aliphatic rings. The molecular formula is C25H30N2O4. The molecule has 0 bridgehead atoms.